The summed E-state index contributed by atoms with van der Waals surface area (Å²) >= 11 is 0. The van der Waals surface area contributed by atoms with Gasteiger partial charge in [0, 0.05) is 0 Å². The average molecular weight is 757 g/mol. The van der Waals surface area contributed by atoms with Gasteiger partial charge in [0.2, 0.25) is 0 Å². The van der Waals surface area contributed by atoms with Gasteiger partial charge >= 0.3 is 0 Å². The Hall–Kier alpha value is -5.46. The van der Waals surface area contributed by atoms with Crippen LogP contribution in [-0.2, 0) is 16.2 Å². The number of hydrogen-bond donors (Lipinski definition) is 0. The quantitative estimate of drug-likeness (QED) is 0.157. The van der Waals surface area contributed by atoms with Gasteiger partial charge in [0.15, 0.2) is 0 Å². The second kappa shape index (κ2) is 14.1. The molecule has 58 heavy (non-hydrogen) atoms. The Morgan fingerprint density at radius 3 is 0.828 bits per heavy atom. The first-order valence-electron chi connectivity index (χ1n) is 21.2. The summed E-state index contributed by atoms with van der Waals surface area (Å²) in [5, 5.41) is 7.81. The molecule has 0 nitrogen and oxygen atoms in total. The van der Waals surface area contributed by atoms with Gasteiger partial charge in [-0.15, -0.1) is 0 Å². The first-order valence-corrected chi connectivity index (χ1v) is 21.2. The highest BCUT2D eigenvalue weighted by atomic mass is 14.3. The van der Waals surface area contributed by atoms with Gasteiger partial charge in [0.25, 0.3) is 0 Å². The second-order valence-corrected chi connectivity index (χ2v) is 20.2. The van der Waals surface area contributed by atoms with Crippen LogP contribution in [0, 0.1) is 27.7 Å². The van der Waals surface area contributed by atoms with Crippen molar-refractivity contribution in [1.29, 1.82) is 0 Å². The van der Waals surface area contributed by atoms with Crippen molar-refractivity contribution in [3.05, 3.63) is 166 Å². The van der Waals surface area contributed by atoms with E-state index >= 15 is 0 Å². The van der Waals surface area contributed by atoms with E-state index in [0.717, 1.165) is 0 Å². The molecule has 0 heteroatoms. The molecule has 0 radical (unpaired) electrons. The van der Waals surface area contributed by atoms with Crippen molar-refractivity contribution in [2.75, 3.05) is 0 Å². The van der Waals surface area contributed by atoms with Crippen molar-refractivity contribution < 1.29 is 0 Å². The van der Waals surface area contributed by atoms with Crippen molar-refractivity contribution >= 4 is 32.3 Å². The summed E-state index contributed by atoms with van der Waals surface area (Å²) in [6.45, 7) is 30.1. The van der Waals surface area contributed by atoms with Crippen molar-refractivity contribution in [2.45, 2.75) is 106 Å². The zero-order valence-electron chi connectivity index (χ0n) is 37.1. The molecule has 292 valence electrons. The minimum absolute atomic E-state index is 0.0289. The van der Waals surface area contributed by atoms with Crippen molar-refractivity contribution in [1.82, 2.24) is 0 Å². The fourth-order valence-electron chi connectivity index (χ4n) is 9.06. The molecule has 0 atom stereocenters. The highest BCUT2D eigenvalue weighted by Gasteiger charge is 2.31. The number of benzene rings is 8. The number of aryl methyl sites for hydroxylation is 4. The molecule has 0 aliphatic carbocycles. The molecule has 0 spiro atoms. The summed E-state index contributed by atoms with van der Waals surface area (Å²) in [5.41, 5.74) is 19.2. The van der Waals surface area contributed by atoms with E-state index in [1.165, 1.54) is 116 Å². The lowest BCUT2D eigenvalue weighted by Crippen LogP contribution is -2.22. The third kappa shape index (κ3) is 6.96. The number of fused-ring (bicyclic) bond motifs is 3. The van der Waals surface area contributed by atoms with E-state index in [-0.39, 0.29) is 16.2 Å². The van der Waals surface area contributed by atoms with Gasteiger partial charge in [-0.3, -0.25) is 0 Å². The molecule has 8 rings (SSSR count). The Bertz CT molecular complexity index is 2840. The Balaban J connectivity index is 1.81. The summed E-state index contributed by atoms with van der Waals surface area (Å²) in [6, 6.07) is 49.7. The van der Waals surface area contributed by atoms with E-state index in [1.54, 1.807) is 0 Å². The van der Waals surface area contributed by atoms with Gasteiger partial charge in [0.05, 0.1) is 0 Å². The molecule has 0 aliphatic heterocycles. The SMILES string of the molecule is Cc1ccc(-c2c3ccc(C(C)(C)C)cc3c(-c3ccc(C)cc3)c3c(-c4ccc(C)cc4)c4cc(C(C)(C)C)c(C(C)(C)C)cc4c(-c4ccc(C)cc4)c23)cc1. The molecule has 0 bridgehead atoms. The van der Waals surface area contributed by atoms with Gasteiger partial charge < -0.3 is 0 Å². The lowest BCUT2D eigenvalue weighted by Gasteiger charge is -2.33. The van der Waals surface area contributed by atoms with Crippen LogP contribution in [0.3, 0.4) is 0 Å². The normalized spacial score (nSPS) is 12.6. The molecule has 0 saturated carbocycles. The van der Waals surface area contributed by atoms with Crippen LogP contribution >= 0.6 is 0 Å². The third-order valence-corrected chi connectivity index (χ3v) is 12.3. The molecular weight excluding hydrogens is 697 g/mol. The summed E-state index contributed by atoms with van der Waals surface area (Å²) in [4.78, 5) is 0. The number of rotatable bonds is 4. The van der Waals surface area contributed by atoms with Crippen molar-refractivity contribution in [3.63, 3.8) is 0 Å². The van der Waals surface area contributed by atoms with Crippen LogP contribution in [0.4, 0.5) is 0 Å². The molecule has 0 fully saturated rings. The van der Waals surface area contributed by atoms with E-state index in [0.29, 0.717) is 0 Å². The summed E-state index contributed by atoms with van der Waals surface area (Å²) < 4.78 is 0. The highest BCUT2D eigenvalue weighted by molar-refractivity contribution is 6.34. The molecule has 0 saturated heterocycles. The van der Waals surface area contributed by atoms with E-state index in [9.17, 15) is 0 Å². The van der Waals surface area contributed by atoms with Crippen molar-refractivity contribution in [2.24, 2.45) is 0 Å². The van der Waals surface area contributed by atoms with Gasteiger partial charge in [-0.1, -0.05) is 194 Å². The summed E-state index contributed by atoms with van der Waals surface area (Å²) in [5.74, 6) is 0. The van der Waals surface area contributed by atoms with Crippen LogP contribution in [0.25, 0.3) is 76.8 Å². The standard InChI is InChI=1S/C58H60/c1-35-14-22-39(23-15-35)50-44-31-30-43(56(5,6)7)32-45(44)51(40-24-16-36(2)17-25-40)55-53(42-28-20-38(4)21-29-42)47-34-49(58(11,12)13)48(57(8,9)10)33-46(47)52(54(50)55)41-26-18-37(3)19-27-41/h14-34H,1-13H3. The van der Waals surface area contributed by atoms with Crippen molar-refractivity contribution in [3.8, 4) is 44.5 Å². The highest BCUT2D eigenvalue weighted by Crippen LogP contribution is 2.55. The van der Waals surface area contributed by atoms with E-state index < -0.39 is 0 Å². The smallest absolute Gasteiger partial charge is 0.000139 e. The zero-order chi connectivity index (χ0) is 41.5. The Labute approximate surface area is 348 Å². The Morgan fingerprint density at radius 1 is 0.276 bits per heavy atom. The van der Waals surface area contributed by atoms with E-state index in [4.69, 9.17) is 0 Å². The van der Waals surface area contributed by atoms with Crippen LogP contribution in [0.2, 0.25) is 0 Å². The predicted molar refractivity (Wildman–Crippen MR) is 256 cm³/mol. The van der Waals surface area contributed by atoms with Gasteiger partial charge in [-0.25, -0.2) is 0 Å². The van der Waals surface area contributed by atoms with Gasteiger partial charge in [-0.05, 0) is 156 Å². The monoisotopic (exact) mass is 756 g/mol. The third-order valence-electron chi connectivity index (χ3n) is 12.3. The maximum atomic E-state index is 2.59. The van der Waals surface area contributed by atoms with Crippen LogP contribution in [0.15, 0.2) is 127 Å². The molecule has 0 heterocycles. The fourth-order valence-corrected chi connectivity index (χ4v) is 9.06. The molecule has 8 aromatic carbocycles. The molecular formula is C58H60. The van der Waals surface area contributed by atoms with E-state index in [1.807, 2.05) is 0 Å². The second-order valence-electron chi connectivity index (χ2n) is 20.2. The Kier molecular flexibility index (Phi) is 9.59. The summed E-state index contributed by atoms with van der Waals surface area (Å²) in [7, 11) is 0. The molecule has 0 amide bonds. The van der Waals surface area contributed by atoms with Crippen LogP contribution in [0.5, 0.6) is 0 Å². The predicted octanol–water partition coefficient (Wildman–Crippen LogP) is 16.9. The average Bonchev–Trinajstić information content (AvgIpc) is 3.16. The minimum Gasteiger partial charge on any atom is -0.0587 e. The minimum atomic E-state index is -0.0713. The molecule has 0 aromatic heterocycles. The maximum Gasteiger partial charge on any atom is -0.000139 e. The molecule has 0 unspecified atom stereocenters. The van der Waals surface area contributed by atoms with Gasteiger partial charge in [-0.2, -0.15) is 0 Å². The maximum absolute atomic E-state index is 2.59. The Morgan fingerprint density at radius 2 is 0.552 bits per heavy atom. The van der Waals surface area contributed by atoms with E-state index in [2.05, 4.69) is 217 Å². The molecule has 0 N–H and O–H groups in total. The molecule has 0 aliphatic rings. The van der Waals surface area contributed by atoms with Crippen LogP contribution in [0.1, 0.15) is 101 Å². The lowest BCUT2D eigenvalue weighted by atomic mass is 9.71. The fraction of sp³-hybridized carbons (Fsp3) is 0.276. The lowest BCUT2D eigenvalue weighted by molar-refractivity contribution is 0.531. The number of hydrogen-bond acceptors (Lipinski definition) is 0. The van der Waals surface area contributed by atoms with Crippen LogP contribution < -0.4 is 0 Å². The van der Waals surface area contributed by atoms with Crippen LogP contribution in [-0.4, -0.2) is 0 Å². The largest absolute Gasteiger partial charge is 0.0587 e. The topological polar surface area (TPSA) is 0 Å². The zero-order valence-corrected chi connectivity index (χ0v) is 37.1. The first-order chi connectivity index (χ1) is 27.3. The first kappa shape index (κ1) is 39.4. The summed E-state index contributed by atoms with van der Waals surface area (Å²) in [6.07, 6.45) is 0. The molecule has 8 aromatic rings. The van der Waals surface area contributed by atoms with Gasteiger partial charge in [0.1, 0.15) is 0 Å².